The van der Waals surface area contributed by atoms with E-state index in [2.05, 4.69) is 31.2 Å². The van der Waals surface area contributed by atoms with Gasteiger partial charge < -0.3 is 15.4 Å². The zero-order chi connectivity index (χ0) is 15.4. The summed E-state index contributed by atoms with van der Waals surface area (Å²) in [5.74, 6) is -2.44. The highest BCUT2D eigenvalue weighted by Crippen LogP contribution is 2.16. The van der Waals surface area contributed by atoms with Crippen LogP contribution in [0.15, 0.2) is 35.2 Å². The number of nitrogens with one attached hydrogen (secondary N) is 2. The zero-order valence-electron chi connectivity index (χ0n) is 10.6. The van der Waals surface area contributed by atoms with Gasteiger partial charge in [-0.2, -0.15) is 0 Å². The maximum Gasteiger partial charge on any atom is 0.326 e. The number of benzene rings is 1. The van der Waals surface area contributed by atoms with Crippen LogP contribution in [0.3, 0.4) is 0 Å². The fourth-order valence-corrected chi connectivity index (χ4v) is 1.94. The van der Waals surface area contributed by atoms with Gasteiger partial charge in [0.2, 0.25) is 0 Å². The lowest BCUT2D eigenvalue weighted by atomic mass is 10.1. The zero-order valence-corrected chi connectivity index (χ0v) is 12.2. The first-order valence-electron chi connectivity index (χ1n) is 5.93. The number of aliphatic carboxylic acids is 1. The van der Waals surface area contributed by atoms with Crippen LogP contribution in [-0.4, -0.2) is 33.0 Å². The van der Waals surface area contributed by atoms with Gasteiger partial charge in [0.25, 0.3) is 5.91 Å². The van der Waals surface area contributed by atoms with E-state index in [1.165, 1.54) is 24.7 Å². The maximum atomic E-state index is 13.4. The average molecular weight is 356 g/mol. The van der Waals surface area contributed by atoms with E-state index in [0.29, 0.717) is 5.69 Å². The predicted molar refractivity (Wildman–Crippen MR) is 75.3 cm³/mol. The molecule has 0 bridgehead atoms. The Morgan fingerprint density at radius 1 is 1.48 bits per heavy atom. The molecule has 3 N–H and O–H groups in total. The molecule has 1 unspecified atom stereocenters. The molecular weight excluding hydrogens is 345 g/mol. The Hall–Kier alpha value is -2.22. The molecule has 110 valence electrons. The van der Waals surface area contributed by atoms with Crippen molar-refractivity contribution in [3.8, 4) is 0 Å². The van der Waals surface area contributed by atoms with Crippen LogP contribution >= 0.6 is 15.9 Å². The number of aromatic amines is 1. The summed E-state index contributed by atoms with van der Waals surface area (Å²) in [6.07, 6.45) is 2.95. The van der Waals surface area contributed by atoms with Gasteiger partial charge in [-0.15, -0.1) is 0 Å². The number of hydrogen-bond acceptors (Lipinski definition) is 3. The summed E-state index contributed by atoms with van der Waals surface area (Å²) in [5, 5.41) is 11.5. The van der Waals surface area contributed by atoms with Gasteiger partial charge in [-0.05, 0) is 34.1 Å². The van der Waals surface area contributed by atoms with Crippen LogP contribution in [0.1, 0.15) is 16.1 Å². The minimum atomic E-state index is -1.18. The van der Waals surface area contributed by atoms with E-state index < -0.39 is 23.7 Å². The van der Waals surface area contributed by atoms with Crippen LogP contribution in [0.4, 0.5) is 4.39 Å². The number of aromatic nitrogens is 2. The molecule has 0 aliphatic rings. The van der Waals surface area contributed by atoms with E-state index in [-0.39, 0.29) is 16.5 Å². The number of hydrogen-bond donors (Lipinski definition) is 3. The highest BCUT2D eigenvalue weighted by atomic mass is 79.9. The fourth-order valence-electron chi connectivity index (χ4n) is 1.70. The monoisotopic (exact) mass is 355 g/mol. The van der Waals surface area contributed by atoms with Crippen molar-refractivity contribution in [2.45, 2.75) is 12.5 Å². The largest absolute Gasteiger partial charge is 0.480 e. The number of carboxylic acids is 1. The van der Waals surface area contributed by atoms with Crippen molar-refractivity contribution < 1.29 is 19.1 Å². The van der Waals surface area contributed by atoms with Crippen molar-refractivity contribution in [3.63, 3.8) is 0 Å². The lowest BCUT2D eigenvalue weighted by Crippen LogP contribution is -2.42. The molecule has 1 amide bonds. The second-order valence-corrected chi connectivity index (χ2v) is 5.13. The molecule has 0 saturated carbocycles. The smallest absolute Gasteiger partial charge is 0.326 e. The lowest BCUT2D eigenvalue weighted by Gasteiger charge is -2.13. The summed E-state index contributed by atoms with van der Waals surface area (Å²) in [7, 11) is 0. The van der Waals surface area contributed by atoms with Crippen molar-refractivity contribution in [1.82, 2.24) is 15.3 Å². The molecule has 0 aliphatic carbocycles. The van der Waals surface area contributed by atoms with E-state index in [1.54, 1.807) is 0 Å². The van der Waals surface area contributed by atoms with Crippen molar-refractivity contribution in [3.05, 3.63) is 52.3 Å². The van der Waals surface area contributed by atoms with E-state index in [9.17, 15) is 14.0 Å². The SMILES string of the molecule is O=C(NC(Cc1cnc[nH]1)C(=O)O)c1ccc(Br)c(F)c1. The maximum absolute atomic E-state index is 13.4. The fraction of sp³-hybridized carbons (Fsp3) is 0.154. The molecule has 2 rings (SSSR count). The van der Waals surface area contributed by atoms with Crippen molar-refractivity contribution >= 4 is 27.8 Å². The second-order valence-electron chi connectivity index (χ2n) is 4.27. The first-order valence-corrected chi connectivity index (χ1v) is 6.72. The Balaban J connectivity index is 2.10. The number of carboxylic acid groups (broad SMARTS) is 1. The number of carbonyl (C=O) groups excluding carboxylic acids is 1. The highest BCUT2D eigenvalue weighted by Gasteiger charge is 2.22. The standard InChI is InChI=1S/C13H11BrFN3O3/c14-9-2-1-7(3-10(9)15)12(19)18-11(13(20)21)4-8-5-16-6-17-8/h1-3,5-6,11H,4H2,(H,16,17)(H,18,19)(H,20,21). The summed E-state index contributed by atoms with van der Waals surface area (Å²) in [4.78, 5) is 29.7. The number of H-pyrrole nitrogens is 1. The molecule has 8 heteroatoms. The number of nitrogens with zero attached hydrogens (tertiary/aromatic N) is 1. The minimum absolute atomic E-state index is 0.0477. The molecule has 0 aliphatic heterocycles. The van der Waals surface area contributed by atoms with Gasteiger partial charge in [0.05, 0.1) is 10.8 Å². The Morgan fingerprint density at radius 2 is 2.24 bits per heavy atom. The summed E-state index contributed by atoms with van der Waals surface area (Å²) in [5.41, 5.74) is 0.622. The van der Waals surface area contributed by atoms with Crippen molar-refractivity contribution in [2.75, 3.05) is 0 Å². The van der Waals surface area contributed by atoms with Gasteiger partial charge in [-0.25, -0.2) is 14.2 Å². The molecule has 0 saturated heterocycles. The number of amides is 1. The van der Waals surface area contributed by atoms with Crippen LogP contribution < -0.4 is 5.32 Å². The van der Waals surface area contributed by atoms with E-state index in [1.807, 2.05) is 0 Å². The van der Waals surface area contributed by atoms with Gasteiger partial charge in [0, 0.05) is 23.9 Å². The third-order valence-corrected chi connectivity index (χ3v) is 3.41. The lowest BCUT2D eigenvalue weighted by molar-refractivity contribution is -0.139. The first kappa shape index (κ1) is 15.2. The average Bonchev–Trinajstić information content (AvgIpc) is 2.93. The Morgan fingerprint density at radius 3 is 2.81 bits per heavy atom. The van der Waals surface area contributed by atoms with Gasteiger partial charge >= 0.3 is 5.97 Å². The minimum Gasteiger partial charge on any atom is -0.480 e. The quantitative estimate of drug-likeness (QED) is 0.761. The van der Waals surface area contributed by atoms with Crippen LogP contribution in [0, 0.1) is 5.82 Å². The third kappa shape index (κ3) is 3.88. The molecule has 0 spiro atoms. The van der Waals surface area contributed by atoms with E-state index >= 15 is 0 Å². The Kier molecular flexibility index (Phi) is 4.69. The Labute approximate surface area is 127 Å². The molecule has 1 aromatic carbocycles. The number of imidazole rings is 1. The van der Waals surface area contributed by atoms with Crippen molar-refractivity contribution in [1.29, 1.82) is 0 Å². The molecular formula is C13H11BrFN3O3. The Bertz CT molecular complexity index is 661. The van der Waals surface area contributed by atoms with Gasteiger partial charge in [0.15, 0.2) is 0 Å². The molecule has 0 fully saturated rings. The molecule has 1 atom stereocenters. The number of rotatable bonds is 5. The molecule has 1 heterocycles. The molecule has 1 aromatic heterocycles. The molecule has 0 radical (unpaired) electrons. The van der Waals surface area contributed by atoms with Gasteiger partial charge in [0.1, 0.15) is 11.9 Å². The molecule has 2 aromatic rings. The van der Waals surface area contributed by atoms with Crippen molar-refractivity contribution in [2.24, 2.45) is 0 Å². The highest BCUT2D eigenvalue weighted by molar-refractivity contribution is 9.10. The number of carbonyl (C=O) groups is 2. The van der Waals surface area contributed by atoms with Gasteiger partial charge in [-0.1, -0.05) is 0 Å². The first-order chi connectivity index (χ1) is 9.97. The number of halogens is 2. The molecule has 21 heavy (non-hydrogen) atoms. The molecule has 6 nitrogen and oxygen atoms in total. The topological polar surface area (TPSA) is 95.1 Å². The summed E-state index contributed by atoms with van der Waals surface area (Å²) >= 11 is 2.98. The van der Waals surface area contributed by atoms with E-state index in [4.69, 9.17) is 5.11 Å². The second kappa shape index (κ2) is 6.49. The third-order valence-electron chi connectivity index (χ3n) is 2.76. The summed E-state index contributed by atoms with van der Waals surface area (Å²) < 4.78 is 13.6. The normalized spacial score (nSPS) is 11.9. The summed E-state index contributed by atoms with van der Waals surface area (Å²) in [6.45, 7) is 0. The van der Waals surface area contributed by atoms with Crippen LogP contribution in [0.25, 0.3) is 0 Å². The van der Waals surface area contributed by atoms with Crippen LogP contribution in [0.5, 0.6) is 0 Å². The van der Waals surface area contributed by atoms with Crippen LogP contribution in [-0.2, 0) is 11.2 Å². The van der Waals surface area contributed by atoms with Gasteiger partial charge in [-0.3, -0.25) is 4.79 Å². The van der Waals surface area contributed by atoms with E-state index in [0.717, 1.165) is 6.07 Å². The predicted octanol–water partition coefficient (Wildman–Crippen LogP) is 1.74. The summed E-state index contributed by atoms with van der Waals surface area (Å²) in [6, 6.07) is 2.69. The van der Waals surface area contributed by atoms with Crippen LogP contribution in [0.2, 0.25) is 0 Å².